The van der Waals surface area contributed by atoms with E-state index in [9.17, 15) is 0 Å². The summed E-state index contributed by atoms with van der Waals surface area (Å²) >= 11 is 7.56. The fourth-order valence-corrected chi connectivity index (χ4v) is 3.34. The second-order valence-electron chi connectivity index (χ2n) is 5.60. The minimum absolute atomic E-state index is 0.0333. The maximum Gasteiger partial charge on any atom is 0.233 e. The number of rotatable bonds is 4. The van der Waals surface area contributed by atoms with Gasteiger partial charge in [-0.15, -0.1) is 11.8 Å². The van der Waals surface area contributed by atoms with Crippen LogP contribution in [0.3, 0.4) is 0 Å². The van der Waals surface area contributed by atoms with Crippen molar-refractivity contribution in [2.45, 2.75) is 35.8 Å². The molecule has 0 radical (unpaired) electrons. The van der Waals surface area contributed by atoms with E-state index in [1.165, 1.54) is 0 Å². The van der Waals surface area contributed by atoms with Crippen molar-refractivity contribution >= 4 is 23.4 Å². The van der Waals surface area contributed by atoms with Crippen molar-refractivity contribution in [3.63, 3.8) is 0 Å². The van der Waals surface area contributed by atoms with Crippen LogP contribution in [0.1, 0.15) is 31.5 Å². The molecule has 1 aromatic heterocycles. The first-order chi connectivity index (χ1) is 10.2. The molecule has 0 spiro atoms. The van der Waals surface area contributed by atoms with Crippen LogP contribution >= 0.6 is 23.4 Å². The fourth-order valence-electron chi connectivity index (χ4n) is 2.48. The van der Waals surface area contributed by atoms with Crippen molar-refractivity contribution in [3.05, 3.63) is 41.0 Å². The minimum atomic E-state index is -0.0333. The van der Waals surface area contributed by atoms with Crippen molar-refractivity contribution in [1.82, 2.24) is 15.5 Å². The van der Waals surface area contributed by atoms with Gasteiger partial charge in [-0.1, -0.05) is 16.8 Å². The zero-order chi connectivity index (χ0) is 14.7. The van der Waals surface area contributed by atoms with E-state index in [4.69, 9.17) is 16.1 Å². The molecule has 1 aliphatic heterocycles. The van der Waals surface area contributed by atoms with Gasteiger partial charge >= 0.3 is 0 Å². The minimum Gasteiger partial charge on any atom is -0.339 e. The molecule has 0 saturated carbocycles. The van der Waals surface area contributed by atoms with Gasteiger partial charge in [0.15, 0.2) is 5.82 Å². The molecule has 21 heavy (non-hydrogen) atoms. The van der Waals surface area contributed by atoms with Crippen molar-refractivity contribution in [2.75, 3.05) is 13.1 Å². The summed E-state index contributed by atoms with van der Waals surface area (Å²) in [6.07, 6.45) is 2.24. The Hall–Kier alpha value is -1.04. The van der Waals surface area contributed by atoms with E-state index < -0.39 is 0 Å². The highest BCUT2D eigenvalue weighted by Crippen LogP contribution is 2.30. The third kappa shape index (κ3) is 3.59. The molecule has 4 nitrogen and oxygen atoms in total. The number of piperidine rings is 1. The van der Waals surface area contributed by atoms with Crippen LogP contribution in [0.5, 0.6) is 0 Å². The van der Waals surface area contributed by atoms with E-state index in [1.807, 2.05) is 24.3 Å². The molecule has 1 fully saturated rings. The lowest BCUT2D eigenvalue weighted by Gasteiger charge is -2.30. The van der Waals surface area contributed by atoms with Gasteiger partial charge in [-0.25, -0.2) is 0 Å². The Bertz CT molecular complexity index is 593. The molecule has 1 unspecified atom stereocenters. The molecule has 6 heteroatoms. The van der Waals surface area contributed by atoms with Crippen molar-refractivity contribution in [1.29, 1.82) is 0 Å². The molecular formula is C15H18ClN3OS. The molecule has 0 aliphatic carbocycles. The van der Waals surface area contributed by atoms with E-state index in [-0.39, 0.29) is 5.41 Å². The zero-order valence-electron chi connectivity index (χ0n) is 11.9. The van der Waals surface area contributed by atoms with Gasteiger partial charge in [0, 0.05) is 16.5 Å². The van der Waals surface area contributed by atoms with Crippen LogP contribution in [0.4, 0.5) is 0 Å². The van der Waals surface area contributed by atoms with Crippen molar-refractivity contribution < 1.29 is 4.52 Å². The van der Waals surface area contributed by atoms with Crippen LogP contribution in [0.25, 0.3) is 0 Å². The predicted octanol–water partition coefficient (Wildman–Crippen LogP) is 3.66. The molecule has 1 saturated heterocycles. The van der Waals surface area contributed by atoms with Gasteiger partial charge in [-0.3, -0.25) is 0 Å². The number of nitrogens with zero attached hydrogens (tertiary/aromatic N) is 2. The number of hydrogen-bond acceptors (Lipinski definition) is 5. The number of thioether (sulfide) groups is 1. The van der Waals surface area contributed by atoms with Crippen LogP contribution in [-0.2, 0) is 11.2 Å². The number of nitrogens with one attached hydrogen (secondary N) is 1. The first-order valence-electron chi connectivity index (χ1n) is 7.08. The highest BCUT2D eigenvalue weighted by atomic mass is 35.5. The quantitative estimate of drug-likeness (QED) is 0.870. The summed E-state index contributed by atoms with van der Waals surface area (Å²) in [5, 5.41) is 8.26. The summed E-state index contributed by atoms with van der Waals surface area (Å²) < 4.78 is 5.48. The molecule has 0 amide bonds. The van der Waals surface area contributed by atoms with E-state index in [0.29, 0.717) is 5.75 Å². The number of aromatic nitrogens is 2. The Labute approximate surface area is 133 Å². The highest BCUT2D eigenvalue weighted by Gasteiger charge is 2.34. The molecule has 3 rings (SSSR count). The molecular weight excluding hydrogens is 306 g/mol. The second-order valence-corrected chi connectivity index (χ2v) is 7.08. The molecule has 0 bridgehead atoms. The Kier molecular flexibility index (Phi) is 4.52. The van der Waals surface area contributed by atoms with Crippen LogP contribution in [0, 0.1) is 0 Å². The van der Waals surface area contributed by atoms with Gasteiger partial charge in [0.05, 0.1) is 11.2 Å². The summed E-state index contributed by atoms with van der Waals surface area (Å²) in [5.74, 6) is 2.20. The second kappa shape index (κ2) is 6.38. The molecule has 2 aromatic rings. The van der Waals surface area contributed by atoms with E-state index >= 15 is 0 Å². The predicted molar refractivity (Wildman–Crippen MR) is 84.8 cm³/mol. The normalized spacial score (nSPS) is 22.4. The summed E-state index contributed by atoms with van der Waals surface area (Å²) in [7, 11) is 0. The molecule has 1 aromatic carbocycles. The van der Waals surface area contributed by atoms with Gasteiger partial charge in [0.25, 0.3) is 0 Å². The molecule has 1 atom stereocenters. The van der Waals surface area contributed by atoms with Crippen LogP contribution < -0.4 is 5.32 Å². The standard InChI is InChI=1S/C15H18ClN3OS/c1-15(7-2-8-17-10-15)14-18-13(19-20-14)9-21-12-5-3-11(16)4-6-12/h3-6,17H,2,7-10H2,1H3. The summed E-state index contributed by atoms with van der Waals surface area (Å²) in [4.78, 5) is 5.72. The number of hydrogen-bond donors (Lipinski definition) is 1. The average Bonchev–Trinajstić information content (AvgIpc) is 2.97. The third-order valence-electron chi connectivity index (χ3n) is 3.76. The highest BCUT2D eigenvalue weighted by molar-refractivity contribution is 7.98. The SMILES string of the molecule is CC1(c2nc(CSc3ccc(Cl)cc3)no2)CCCNC1. The summed E-state index contributed by atoms with van der Waals surface area (Å²) in [6, 6.07) is 7.78. The molecule has 1 aliphatic rings. The Morgan fingerprint density at radius 3 is 2.90 bits per heavy atom. The van der Waals surface area contributed by atoms with Gasteiger partial charge in [-0.05, 0) is 50.6 Å². The average molecular weight is 324 g/mol. The maximum absolute atomic E-state index is 5.88. The Balaban J connectivity index is 1.63. The third-order valence-corrected chi connectivity index (χ3v) is 5.02. The molecule has 1 N–H and O–H groups in total. The van der Waals surface area contributed by atoms with Crippen LogP contribution in [0.2, 0.25) is 5.02 Å². The lowest BCUT2D eigenvalue weighted by molar-refractivity contribution is 0.245. The first-order valence-corrected chi connectivity index (χ1v) is 8.44. The van der Waals surface area contributed by atoms with Crippen LogP contribution in [0.15, 0.2) is 33.7 Å². The zero-order valence-corrected chi connectivity index (χ0v) is 13.5. The van der Waals surface area contributed by atoms with Gasteiger partial charge in [0.1, 0.15) is 0 Å². The number of halogens is 1. The number of benzene rings is 1. The Morgan fingerprint density at radius 1 is 1.38 bits per heavy atom. The van der Waals surface area contributed by atoms with E-state index in [0.717, 1.165) is 47.6 Å². The molecule has 112 valence electrons. The van der Waals surface area contributed by atoms with Gasteiger partial charge in [-0.2, -0.15) is 4.98 Å². The smallest absolute Gasteiger partial charge is 0.233 e. The monoisotopic (exact) mass is 323 g/mol. The van der Waals surface area contributed by atoms with E-state index in [2.05, 4.69) is 22.4 Å². The lowest BCUT2D eigenvalue weighted by Crippen LogP contribution is -2.41. The van der Waals surface area contributed by atoms with Gasteiger partial charge < -0.3 is 9.84 Å². The van der Waals surface area contributed by atoms with Crippen molar-refractivity contribution in [3.8, 4) is 0 Å². The largest absolute Gasteiger partial charge is 0.339 e. The maximum atomic E-state index is 5.88. The lowest BCUT2D eigenvalue weighted by atomic mass is 9.83. The Morgan fingerprint density at radius 2 is 2.19 bits per heavy atom. The first kappa shape index (κ1) is 14.9. The summed E-state index contributed by atoms with van der Waals surface area (Å²) in [6.45, 7) is 4.16. The van der Waals surface area contributed by atoms with Gasteiger partial charge in [0.2, 0.25) is 5.89 Å². The molecule has 2 heterocycles. The van der Waals surface area contributed by atoms with Crippen molar-refractivity contribution in [2.24, 2.45) is 0 Å². The van der Waals surface area contributed by atoms with Crippen LogP contribution in [-0.4, -0.2) is 23.2 Å². The fraction of sp³-hybridized carbons (Fsp3) is 0.467. The summed E-state index contributed by atoms with van der Waals surface area (Å²) in [5.41, 5.74) is -0.0333. The topological polar surface area (TPSA) is 51.0 Å². The van der Waals surface area contributed by atoms with E-state index in [1.54, 1.807) is 11.8 Å².